The lowest BCUT2D eigenvalue weighted by Gasteiger charge is -2.20. The van der Waals surface area contributed by atoms with Crippen molar-refractivity contribution in [2.24, 2.45) is 0 Å². The molecule has 13 heteroatoms. The predicted octanol–water partition coefficient (Wildman–Crippen LogP) is 7.02. The molecule has 3 aromatic rings. The van der Waals surface area contributed by atoms with Crippen molar-refractivity contribution in [3.63, 3.8) is 0 Å². The zero-order chi connectivity index (χ0) is 38.3. The Balaban J connectivity index is 1.43. The molecule has 0 spiro atoms. The second-order valence-corrected chi connectivity index (χ2v) is 13.5. The molecule has 0 saturated carbocycles. The van der Waals surface area contributed by atoms with Crippen molar-refractivity contribution in [3.05, 3.63) is 89.2 Å². The van der Waals surface area contributed by atoms with Gasteiger partial charge in [0.25, 0.3) is 0 Å². The molecule has 0 aliphatic rings. The molecule has 274 valence electrons. The van der Waals surface area contributed by atoms with Gasteiger partial charge in [-0.05, 0) is 101 Å². The summed E-state index contributed by atoms with van der Waals surface area (Å²) in [5, 5.41) is 5.36. The summed E-state index contributed by atoms with van der Waals surface area (Å²) in [5.74, 6) is 11.2. The van der Waals surface area contributed by atoms with E-state index in [0.29, 0.717) is 22.8 Å². The molecule has 0 radical (unpaired) electrons. The van der Waals surface area contributed by atoms with Gasteiger partial charge in [0.1, 0.15) is 22.6 Å². The Morgan fingerprint density at radius 2 is 1.02 bits per heavy atom. The molecule has 1 aromatic heterocycles. The van der Waals surface area contributed by atoms with E-state index in [2.05, 4.69) is 39.3 Å². The van der Waals surface area contributed by atoms with Crippen LogP contribution in [-0.2, 0) is 32.0 Å². The highest BCUT2D eigenvalue weighted by atomic mass is 16.6. The van der Waals surface area contributed by atoms with Crippen molar-refractivity contribution in [2.75, 3.05) is 37.9 Å². The highest BCUT2D eigenvalue weighted by molar-refractivity contribution is 5.85. The van der Waals surface area contributed by atoms with Crippen LogP contribution < -0.4 is 10.6 Å². The van der Waals surface area contributed by atoms with Gasteiger partial charge in [-0.15, -0.1) is 0 Å². The quantitative estimate of drug-likeness (QED) is 0.186. The van der Waals surface area contributed by atoms with Crippen LogP contribution in [0.1, 0.15) is 64.1 Å². The van der Waals surface area contributed by atoms with Gasteiger partial charge in [-0.1, -0.05) is 42.2 Å². The van der Waals surface area contributed by atoms with Gasteiger partial charge in [0.15, 0.2) is 13.2 Å². The SMILES string of the molecule is CN(Cc1cccc(NC(=O)OC(C)(C)C)c1)C(=O)OCC#Cc1cccc(C#CCOC(=O)N(C)Cc2cccc(NC(=O)OC(C)(C)C)c2)n1. The maximum Gasteiger partial charge on any atom is 0.412 e. The van der Waals surface area contributed by atoms with Gasteiger partial charge < -0.3 is 28.7 Å². The minimum Gasteiger partial charge on any atom is -0.444 e. The Morgan fingerprint density at radius 3 is 1.40 bits per heavy atom. The van der Waals surface area contributed by atoms with E-state index >= 15 is 0 Å². The van der Waals surface area contributed by atoms with Crippen molar-refractivity contribution >= 4 is 35.7 Å². The Labute approximate surface area is 305 Å². The highest BCUT2D eigenvalue weighted by Crippen LogP contribution is 2.17. The number of anilines is 2. The Bertz CT molecular complexity index is 1730. The van der Waals surface area contributed by atoms with Gasteiger partial charge in [-0.25, -0.2) is 24.2 Å². The van der Waals surface area contributed by atoms with E-state index < -0.39 is 35.6 Å². The molecule has 2 N–H and O–H groups in total. The first kappa shape index (κ1) is 40.2. The number of hydrogen-bond donors (Lipinski definition) is 2. The highest BCUT2D eigenvalue weighted by Gasteiger charge is 2.18. The monoisotopic (exact) mass is 711 g/mol. The fraction of sp³-hybridized carbons (Fsp3) is 0.359. The zero-order valence-corrected chi connectivity index (χ0v) is 30.8. The number of amides is 4. The second-order valence-electron chi connectivity index (χ2n) is 13.5. The maximum atomic E-state index is 12.5. The standard InChI is InChI=1S/C39H45N5O8/c1-38(2,3)51-34(45)41-32-18-9-14-28(24-32)26-43(7)36(47)49-22-12-20-30-16-11-17-31(40-30)21-13-23-50-37(48)44(8)27-29-15-10-19-33(25-29)42-35(46)52-39(4,5)6/h9-11,14-19,24-25H,22-23,26-27H2,1-8H3,(H,41,45)(H,42,46). The smallest absolute Gasteiger partial charge is 0.412 e. The summed E-state index contributed by atoms with van der Waals surface area (Å²) in [4.78, 5) is 56.3. The third-order valence-corrected chi connectivity index (χ3v) is 6.33. The van der Waals surface area contributed by atoms with Crippen molar-refractivity contribution in [1.29, 1.82) is 0 Å². The lowest BCUT2D eigenvalue weighted by atomic mass is 10.2. The van der Waals surface area contributed by atoms with E-state index in [1.165, 1.54) is 9.80 Å². The first-order chi connectivity index (χ1) is 24.5. The Hall–Kier alpha value is -6.21. The molecular weight excluding hydrogens is 666 g/mol. The molecular formula is C39H45N5O8. The van der Waals surface area contributed by atoms with Crippen LogP contribution in [0.4, 0.5) is 30.6 Å². The van der Waals surface area contributed by atoms with Crippen LogP contribution in [0.5, 0.6) is 0 Å². The molecule has 4 amide bonds. The largest absolute Gasteiger partial charge is 0.444 e. The van der Waals surface area contributed by atoms with Crippen molar-refractivity contribution < 1.29 is 38.1 Å². The number of hydrogen-bond acceptors (Lipinski definition) is 9. The van der Waals surface area contributed by atoms with Crippen molar-refractivity contribution in [2.45, 2.75) is 65.8 Å². The first-order valence-electron chi connectivity index (χ1n) is 16.3. The molecule has 1 heterocycles. The summed E-state index contributed by atoms with van der Waals surface area (Å²) in [6.07, 6.45) is -2.28. The number of aromatic nitrogens is 1. The van der Waals surface area contributed by atoms with Crippen molar-refractivity contribution in [1.82, 2.24) is 14.8 Å². The summed E-state index contributed by atoms with van der Waals surface area (Å²) in [5.41, 5.74) is 2.23. The van der Waals surface area contributed by atoms with Crippen LogP contribution in [-0.4, -0.2) is 77.7 Å². The lowest BCUT2D eigenvalue weighted by Crippen LogP contribution is -2.28. The van der Waals surface area contributed by atoms with E-state index in [1.807, 2.05) is 12.1 Å². The average Bonchev–Trinajstić information content (AvgIpc) is 3.03. The van der Waals surface area contributed by atoms with Gasteiger partial charge in [0, 0.05) is 38.6 Å². The molecule has 0 unspecified atom stereocenters. The molecule has 3 rings (SSSR count). The van der Waals surface area contributed by atoms with E-state index in [-0.39, 0.29) is 26.3 Å². The molecule has 52 heavy (non-hydrogen) atoms. The summed E-state index contributed by atoms with van der Waals surface area (Å²) in [6.45, 7) is 10.8. The number of rotatable bonds is 8. The van der Waals surface area contributed by atoms with Crippen LogP contribution in [0, 0.1) is 23.7 Å². The molecule has 0 aliphatic carbocycles. The molecule has 0 aliphatic heterocycles. The van der Waals surface area contributed by atoms with Gasteiger partial charge in [0.2, 0.25) is 0 Å². The predicted molar refractivity (Wildman–Crippen MR) is 196 cm³/mol. The van der Waals surface area contributed by atoms with Gasteiger partial charge in [0.05, 0.1) is 0 Å². The zero-order valence-electron chi connectivity index (χ0n) is 30.8. The molecule has 0 saturated heterocycles. The minimum absolute atomic E-state index is 0.158. The minimum atomic E-state index is -0.624. The number of pyridine rings is 1. The number of carbonyl (C=O) groups is 4. The number of benzene rings is 2. The molecule has 0 atom stereocenters. The summed E-state index contributed by atoms with van der Waals surface area (Å²) < 4.78 is 21.1. The molecule has 0 bridgehead atoms. The lowest BCUT2D eigenvalue weighted by molar-refractivity contribution is 0.0624. The van der Waals surface area contributed by atoms with Crippen LogP contribution >= 0.6 is 0 Å². The third-order valence-electron chi connectivity index (χ3n) is 6.33. The number of ether oxygens (including phenoxy) is 4. The summed E-state index contributed by atoms with van der Waals surface area (Å²) >= 11 is 0. The van der Waals surface area contributed by atoms with E-state index in [0.717, 1.165) is 11.1 Å². The first-order valence-corrected chi connectivity index (χ1v) is 16.3. The summed E-state index contributed by atoms with van der Waals surface area (Å²) in [6, 6.07) is 19.2. The van der Waals surface area contributed by atoms with E-state index in [4.69, 9.17) is 18.9 Å². The number of nitrogens with one attached hydrogen (secondary N) is 2. The summed E-state index contributed by atoms with van der Waals surface area (Å²) in [7, 11) is 3.19. The van der Waals surface area contributed by atoms with Crippen LogP contribution in [0.2, 0.25) is 0 Å². The molecule has 0 fully saturated rings. The van der Waals surface area contributed by atoms with Crippen LogP contribution in [0.25, 0.3) is 0 Å². The fourth-order valence-electron chi connectivity index (χ4n) is 4.26. The average molecular weight is 712 g/mol. The maximum absolute atomic E-state index is 12.5. The molecule has 13 nitrogen and oxygen atoms in total. The fourth-order valence-corrected chi connectivity index (χ4v) is 4.26. The van der Waals surface area contributed by atoms with Crippen LogP contribution in [0.3, 0.4) is 0 Å². The number of carbonyl (C=O) groups excluding carboxylic acids is 4. The van der Waals surface area contributed by atoms with Gasteiger partial charge in [-0.2, -0.15) is 0 Å². The van der Waals surface area contributed by atoms with Gasteiger partial charge >= 0.3 is 24.4 Å². The number of nitrogens with zero attached hydrogens (tertiary/aromatic N) is 3. The Kier molecular flexibility index (Phi) is 14.5. The van der Waals surface area contributed by atoms with Gasteiger partial charge in [-0.3, -0.25) is 10.6 Å². The third kappa shape index (κ3) is 15.6. The van der Waals surface area contributed by atoms with E-state index in [9.17, 15) is 19.2 Å². The molecule has 2 aromatic carbocycles. The topological polar surface area (TPSA) is 149 Å². The van der Waals surface area contributed by atoms with Crippen LogP contribution in [0.15, 0.2) is 66.7 Å². The normalized spacial score (nSPS) is 10.6. The van der Waals surface area contributed by atoms with E-state index in [1.54, 1.807) is 110 Å². The second kappa shape index (κ2) is 18.7. The van der Waals surface area contributed by atoms with Crippen molar-refractivity contribution in [3.8, 4) is 23.7 Å². The Morgan fingerprint density at radius 1 is 0.635 bits per heavy atom.